The van der Waals surface area contributed by atoms with Gasteiger partial charge in [0.1, 0.15) is 17.7 Å². The molecule has 12 heteroatoms. The van der Waals surface area contributed by atoms with Crippen molar-refractivity contribution in [1.29, 1.82) is 0 Å². The monoisotopic (exact) mass is 610 g/mol. The fraction of sp³-hybridized carbons (Fsp3) is 0.500. The topological polar surface area (TPSA) is 157 Å². The van der Waals surface area contributed by atoms with Crippen molar-refractivity contribution in [2.75, 3.05) is 6.54 Å². The Morgan fingerprint density at radius 3 is 2.45 bits per heavy atom. The quantitative estimate of drug-likeness (QED) is 0.231. The molecule has 2 aromatic rings. The Kier molecular flexibility index (Phi) is 10.7. The van der Waals surface area contributed by atoms with Crippen LogP contribution in [0.3, 0.4) is 0 Å². The molecule has 3 heterocycles. The number of carbonyl (C=O) groups is 5. The van der Waals surface area contributed by atoms with Crippen LogP contribution in [0.25, 0.3) is 0 Å². The molecule has 44 heavy (non-hydrogen) atoms. The number of ether oxygens (including phenoxy) is 1. The number of benzene rings is 1. The van der Waals surface area contributed by atoms with Crippen LogP contribution in [0.4, 0.5) is 4.39 Å². The van der Waals surface area contributed by atoms with Gasteiger partial charge in [-0.25, -0.2) is 9.18 Å². The SMILES string of the molecule is Cc1cc(C(=O)N[C@H](C(=O)C[C@@H](Cc2ccc(F)cc2)C(=O)N[C@H](/C=C2\CC(C)OC2=O)C[C@@H]2CCNC2=O)C(C)C)no1. The lowest BCUT2D eigenvalue weighted by Crippen LogP contribution is -2.47. The van der Waals surface area contributed by atoms with Crippen LogP contribution in [0.15, 0.2) is 46.5 Å². The maximum Gasteiger partial charge on any atom is 0.334 e. The van der Waals surface area contributed by atoms with Gasteiger partial charge in [0.15, 0.2) is 11.5 Å². The molecule has 0 spiro atoms. The van der Waals surface area contributed by atoms with E-state index in [9.17, 15) is 28.4 Å². The minimum atomic E-state index is -0.919. The van der Waals surface area contributed by atoms with Crippen molar-refractivity contribution < 1.29 is 37.6 Å². The van der Waals surface area contributed by atoms with E-state index in [2.05, 4.69) is 21.1 Å². The van der Waals surface area contributed by atoms with Gasteiger partial charge in [-0.2, -0.15) is 0 Å². The molecule has 0 aliphatic carbocycles. The fourth-order valence-electron chi connectivity index (χ4n) is 5.56. The van der Waals surface area contributed by atoms with Gasteiger partial charge in [-0.1, -0.05) is 37.2 Å². The van der Waals surface area contributed by atoms with Crippen LogP contribution in [-0.2, 0) is 30.3 Å². The number of ketones is 1. The van der Waals surface area contributed by atoms with E-state index in [4.69, 9.17) is 9.26 Å². The summed E-state index contributed by atoms with van der Waals surface area (Å²) in [5, 5.41) is 12.2. The molecule has 0 bridgehead atoms. The summed E-state index contributed by atoms with van der Waals surface area (Å²) in [6.07, 6.45) is 2.47. The Hall–Kier alpha value is -4.35. The lowest BCUT2D eigenvalue weighted by Gasteiger charge is -2.25. The third kappa shape index (κ3) is 8.61. The number of Topliss-reactive ketones (excluding diaryl/α,β-unsaturated/α-hetero) is 1. The summed E-state index contributed by atoms with van der Waals surface area (Å²) in [4.78, 5) is 65.1. The lowest BCUT2D eigenvalue weighted by molar-refractivity contribution is -0.138. The molecule has 2 aliphatic rings. The highest BCUT2D eigenvalue weighted by molar-refractivity contribution is 5.98. The van der Waals surface area contributed by atoms with Crippen LogP contribution in [0.2, 0.25) is 0 Å². The molecule has 3 amide bonds. The minimum absolute atomic E-state index is 0.0353. The van der Waals surface area contributed by atoms with Crippen molar-refractivity contribution in [1.82, 2.24) is 21.1 Å². The van der Waals surface area contributed by atoms with Crippen LogP contribution in [0, 0.1) is 30.5 Å². The molecule has 0 radical (unpaired) electrons. The van der Waals surface area contributed by atoms with Crippen LogP contribution in [-0.4, -0.2) is 59.4 Å². The smallest absolute Gasteiger partial charge is 0.334 e. The molecule has 1 unspecified atom stereocenters. The number of nitrogens with zero attached hydrogens (tertiary/aromatic N) is 1. The molecule has 2 saturated heterocycles. The molecule has 0 saturated carbocycles. The average Bonchev–Trinajstić information content (AvgIpc) is 3.67. The molecule has 2 fully saturated rings. The number of amides is 3. The standard InChI is InChI=1S/C32H39FN4O7/c1-17(2)28(36-31(41)26-12-19(4)44-37-26)27(38)16-22(13-20-5-7-24(33)8-6-20)30(40)35-25(14-21-9-10-34-29(21)39)15-23-11-18(3)43-32(23)42/h5-8,12,15,17-18,21-22,25,28H,9-11,13-14,16H2,1-4H3,(H,34,39)(H,35,40)(H,36,41)/b23-15+/t18?,21-,22+,25-,28-/m0/s1. The minimum Gasteiger partial charge on any atom is -0.459 e. The van der Waals surface area contributed by atoms with E-state index < -0.39 is 41.6 Å². The number of rotatable bonds is 13. The molecule has 11 nitrogen and oxygen atoms in total. The van der Waals surface area contributed by atoms with Gasteiger partial charge < -0.3 is 25.2 Å². The van der Waals surface area contributed by atoms with Crippen molar-refractivity contribution in [3.8, 4) is 0 Å². The zero-order valence-electron chi connectivity index (χ0n) is 25.4. The summed E-state index contributed by atoms with van der Waals surface area (Å²) in [5.74, 6) is -3.55. The molecular weight excluding hydrogens is 571 g/mol. The molecule has 1 aromatic carbocycles. The van der Waals surface area contributed by atoms with Gasteiger partial charge in [0.05, 0.1) is 6.04 Å². The number of hydrogen-bond acceptors (Lipinski definition) is 8. The number of aryl methyl sites for hydroxylation is 1. The molecule has 236 valence electrons. The number of cyclic esters (lactones) is 1. The molecular formula is C32H39FN4O7. The highest BCUT2D eigenvalue weighted by atomic mass is 19.1. The zero-order chi connectivity index (χ0) is 32.0. The second kappa shape index (κ2) is 14.4. The van der Waals surface area contributed by atoms with Crippen molar-refractivity contribution in [3.63, 3.8) is 0 Å². The Labute approximate surface area is 255 Å². The van der Waals surface area contributed by atoms with Crippen molar-refractivity contribution in [3.05, 3.63) is 64.8 Å². The summed E-state index contributed by atoms with van der Waals surface area (Å²) < 4.78 is 23.9. The molecule has 4 rings (SSSR count). The molecule has 5 atom stereocenters. The van der Waals surface area contributed by atoms with Crippen LogP contribution in [0.5, 0.6) is 0 Å². The van der Waals surface area contributed by atoms with E-state index in [1.54, 1.807) is 45.9 Å². The molecule has 1 aromatic heterocycles. The summed E-state index contributed by atoms with van der Waals surface area (Å²) in [7, 11) is 0. The van der Waals surface area contributed by atoms with Crippen molar-refractivity contribution in [2.24, 2.45) is 17.8 Å². The largest absolute Gasteiger partial charge is 0.459 e. The summed E-state index contributed by atoms with van der Waals surface area (Å²) in [6, 6.07) is 5.52. The van der Waals surface area contributed by atoms with Gasteiger partial charge in [0, 0.05) is 48.9 Å². The first-order valence-corrected chi connectivity index (χ1v) is 14.9. The van der Waals surface area contributed by atoms with Gasteiger partial charge in [-0.3, -0.25) is 19.2 Å². The van der Waals surface area contributed by atoms with Crippen molar-refractivity contribution in [2.45, 2.75) is 78.0 Å². The van der Waals surface area contributed by atoms with E-state index in [-0.39, 0.29) is 54.6 Å². The normalized spacial score (nSPS) is 21.1. The first-order chi connectivity index (χ1) is 20.9. The number of hydrogen-bond donors (Lipinski definition) is 3. The number of aromatic nitrogens is 1. The number of esters is 1. The van der Waals surface area contributed by atoms with Crippen LogP contribution in [0.1, 0.15) is 68.3 Å². The molecule has 3 N–H and O–H groups in total. The fourth-order valence-corrected chi connectivity index (χ4v) is 5.56. The zero-order valence-corrected chi connectivity index (χ0v) is 25.4. The molecule has 2 aliphatic heterocycles. The third-order valence-corrected chi connectivity index (χ3v) is 7.88. The Morgan fingerprint density at radius 2 is 1.89 bits per heavy atom. The highest BCUT2D eigenvalue weighted by Crippen LogP contribution is 2.25. The maximum atomic E-state index is 13.9. The van der Waals surface area contributed by atoms with E-state index in [0.29, 0.717) is 36.3 Å². The lowest BCUT2D eigenvalue weighted by atomic mass is 9.87. The maximum absolute atomic E-state index is 13.9. The van der Waals surface area contributed by atoms with Crippen molar-refractivity contribution >= 4 is 29.5 Å². The first-order valence-electron chi connectivity index (χ1n) is 14.9. The van der Waals surface area contributed by atoms with E-state index in [1.165, 1.54) is 18.2 Å². The van der Waals surface area contributed by atoms with Gasteiger partial charge in [-0.05, 0) is 56.7 Å². The van der Waals surface area contributed by atoms with Gasteiger partial charge in [0.2, 0.25) is 11.8 Å². The second-order valence-electron chi connectivity index (χ2n) is 12.0. The van der Waals surface area contributed by atoms with Gasteiger partial charge >= 0.3 is 5.97 Å². The second-order valence-corrected chi connectivity index (χ2v) is 12.0. The summed E-state index contributed by atoms with van der Waals surface area (Å²) in [5.41, 5.74) is 1.09. The number of halogens is 1. The van der Waals surface area contributed by atoms with Gasteiger partial charge in [-0.15, -0.1) is 0 Å². The van der Waals surface area contributed by atoms with Crippen LogP contribution >= 0.6 is 0 Å². The first kappa shape index (κ1) is 32.6. The predicted molar refractivity (Wildman–Crippen MR) is 156 cm³/mol. The van der Waals surface area contributed by atoms with E-state index in [0.717, 1.165) is 0 Å². The summed E-state index contributed by atoms with van der Waals surface area (Å²) >= 11 is 0. The number of nitrogens with one attached hydrogen (secondary N) is 3. The van der Waals surface area contributed by atoms with E-state index >= 15 is 0 Å². The third-order valence-electron chi connectivity index (χ3n) is 7.88. The number of carbonyl (C=O) groups excluding carboxylic acids is 5. The Bertz CT molecular complexity index is 1420. The van der Waals surface area contributed by atoms with Crippen LogP contribution < -0.4 is 16.0 Å². The average molecular weight is 611 g/mol. The predicted octanol–water partition coefficient (Wildman–Crippen LogP) is 2.97. The van der Waals surface area contributed by atoms with E-state index in [1.807, 2.05) is 0 Å². The van der Waals surface area contributed by atoms with Gasteiger partial charge in [0.25, 0.3) is 5.91 Å². The summed E-state index contributed by atoms with van der Waals surface area (Å²) in [6.45, 7) is 7.50. The Balaban J connectivity index is 1.56. The highest BCUT2D eigenvalue weighted by Gasteiger charge is 2.34. The Morgan fingerprint density at radius 1 is 1.16 bits per heavy atom.